The fraction of sp³-hybridized carbons (Fsp3) is 0.722. The Bertz CT molecular complexity index is 442. The van der Waals surface area contributed by atoms with Crippen LogP contribution in [0.1, 0.15) is 51.2 Å². The van der Waals surface area contributed by atoms with Crippen molar-refractivity contribution >= 4 is 5.82 Å². The maximum atomic E-state index is 4.75. The summed E-state index contributed by atoms with van der Waals surface area (Å²) in [6.45, 7) is 13.3. The van der Waals surface area contributed by atoms with Crippen LogP contribution in [0.5, 0.6) is 0 Å². The molecule has 3 nitrogen and oxygen atoms in total. The van der Waals surface area contributed by atoms with Crippen molar-refractivity contribution in [2.45, 2.75) is 53.5 Å². The van der Waals surface area contributed by atoms with Crippen molar-refractivity contribution in [1.82, 2.24) is 10.3 Å². The van der Waals surface area contributed by atoms with Crippen LogP contribution in [-0.2, 0) is 6.54 Å². The lowest BCUT2D eigenvalue weighted by Gasteiger charge is -2.24. The molecule has 0 bridgehead atoms. The molecule has 3 heteroatoms. The SMILES string of the molecule is CCNCc1cnc(N2CCCC(C(C)C)CC2)c(C)c1. The molecule has 0 radical (unpaired) electrons. The van der Waals surface area contributed by atoms with Gasteiger partial charge >= 0.3 is 0 Å². The number of anilines is 1. The van der Waals surface area contributed by atoms with Crippen molar-refractivity contribution in [2.75, 3.05) is 24.5 Å². The van der Waals surface area contributed by atoms with Gasteiger partial charge in [0.25, 0.3) is 0 Å². The van der Waals surface area contributed by atoms with Crippen molar-refractivity contribution in [3.05, 3.63) is 23.4 Å². The summed E-state index contributed by atoms with van der Waals surface area (Å²) in [5, 5.41) is 3.37. The molecular weight excluding hydrogens is 258 g/mol. The van der Waals surface area contributed by atoms with E-state index in [2.05, 4.69) is 44.0 Å². The monoisotopic (exact) mass is 289 g/mol. The first kappa shape index (κ1) is 16.3. The summed E-state index contributed by atoms with van der Waals surface area (Å²) in [4.78, 5) is 7.25. The summed E-state index contributed by atoms with van der Waals surface area (Å²) in [6.07, 6.45) is 6.00. The number of aryl methyl sites for hydroxylation is 1. The molecule has 1 N–H and O–H groups in total. The van der Waals surface area contributed by atoms with Crippen molar-refractivity contribution in [2.24, 2.45) is 11.8 Å². The van der Waals surface area contributed by atoms with Gasteiger partial charge in [-0.05, 0) is 61.8 Å². The van der Waals surface area contributed by atoms with Gasteiger partial charge in [0, 0.05) is 25.8 Å². The quantitative estimate of drug-likeness (QED) is 0.894. The molecule has 1 saturated heterocycles. The normalized spacial score (nSPS) is 19.9. The highest BCUT2D eigenvalue weighted by atomic mass is 15.2. The molecule has 1 aliphatic rings. The molecule has 0 aromatic carbocycles. The average Bonchev–Trinajstić information content (AvgIpc) is 2.71. The zero-order valence-electron chi connectivity index (χ0n) is 14.2. The molecule has 1 fully saturated rings. The number of aromatic nitrogens is 1. The van der Waals surface area contributed by atoms with Gasteiger partial charge in [-0.25, -0.2) is 4.98 Å². The highest BCUT2D eigenvalue weighted by molar-refractivity contribution is 5.47. The van der Waals surface area contributed by atoms with Gasteiger partial charge < -0.3 is 10.2 Å². The second-order valence-corrected chi connectivity index (χ2v) is 6.69. The van der Waals surface area contributed by atoms with Gasteiger partial charge in [0.1, 0.15) is 5.82 Å². The largest absolute Gasteiger partial charge is 0.356 e. The van der Waals surface area contributed by atoms with E-state index < -0.39 is 0 Å². The van der Waals surface area contributed by atoms with Crippen LogP contribution in [0.15, 0.2) is 12.3 Å². The summed E-state index contributed by atoms with van der Waals surface area (Å²) < 4.78 is 0. The van der Waals surface area contributed by atoms with Gasteiger partial charge in [-0.2, -0.15) is 0 Å². The lowest BCUT2D eigenvalue weighted by molar-refractivity contribution is 0.351. The van der Waals surface area contributed by atoms with Gasteiger partial charge in [-0.1, -0.05) is 20.8 Å². The predicted octanol–water partition coefficient (Wildman–Crippen LogP) is 3.76. The van der Waals surface area contributed by atoms with Crippen LogP contribution in [0.25, 0.3) is 0 Å². The molecule has 21 heavy (non-hydrogen) atoms. The smallest absolute Gasteiger partial charge is 0.131 e. The number of nitrogens with one attached hydrogen (secondary N) is 1. The van der Waals surface area contributed by atoms with E-state index in [1.54, 1.807) is 0 Å². The molecule has 0 spiro atoms. The summed E-state index contributed by atoms with van der Waals surface area (Å²) in [5.74, 6) is 2.88. The molecule has 1 aromatic rings. The van der Waals surface area contributed by atoms with E-state index in [4.69, 9.17) is 4.98 Å². The van der Waals surface area contributed by atoms with Crippen LogP contribution in [0.2, 0.25) is 0 Å². The van der Waals surface area contributed by atoms with E-state index in [-0.39, 0.29) is 0 Å². The van der Waals surface area contributed by atoms with Gasteiger partial charge in [-0.3, -0.25) is 0 Å². The fourth-order valence-corrected chi connectivity index (χ4v) is 3.32. The molecular formula is C18H31N3. The number of pyridine rings is 1. The van der Waals surface area contributed by atoms with E-state index in [1.807, 2.05) is 6.20 Å². The third kappa shape index (κ3) is 4.44. The third-order valence-corrected chi connectivity index (χ3v) is 4.70. The van der Waals surface area contributed by atoms with Crippen LogP contribution in [0.4, 0.5) is 5.82 Å². The van der Waals surface area contributed by atoms with Gasteiger partial charge in [-0.15, -0.1) is 0 Å². The topological polar surface area (TPSA) is 28.2 Å². The van der Waals surface area contributed by atoms with E-state index in [9.17, 15) is 0 Å². The van der Waals surface area contributed by atoms with Crippen LogP contribution in [0, 0.1) is 18.8 Å². The van der Waals surface area contributed by atoms with E-state index in [1.165, 1.54) is 36.2 Å². The molecule has 1 atom stereocenters. The molecule has 1 aliphatic heterocycles. The first-order valence-corrected chi connectivity index (χ1v) is 8.53. The van der Waals surface area contributed by atoms with Crippen LogP contribution < -0.4 is 10.2 Å². The summed E-state index contributed by atoms with van der Waals surface area (Å²) in [5.41, 5.74) is 2.60. The first-order chi connectivity index (χ1) is 10.1. The lowest BCUT2D eigenvalue weighted by Crippen LogP contribution is -2.26. The van der Waals surface area contributed by atoms with Crippen LogP contribution in [0.3, 0.4) is 0 Å². The van der Waals surface area contributed by atoms with Crippen LogP contribution >= 0.6 is 0 Å². The highest BCUT2D eigenvalue weighted by Crippen LogP contribution is 2.28. The number of hydrogen-bond acceptors (Lipinski definition) is 3. The second kappa shape index (κ2) is 7.79. The van der Waals surface area contributed by atoms with Crippen LogP contribution in [-0.4, -0.2) is 24.6 Å². The second-order valence-electron chi connectivity index (χ2n) is 6.69. The molecule has 2 heterocycles. The van der Waals surface area contributed by atoms with Gasteiger partial charge in [0.05, 0.1) is 0 Å². The molecule has 0 aliphatic carbocycles. The number of hydrogen-bond donors (Lipinski definition) is 1. The fourth-order valence-electron chi connectivity index (χ4n) is 3.32. The van der Waals surface area contributed by atoms with E-state index >= 15 is 0 Å². The van der Waals surface area contributed by atoms with Crippen molar-refractivity contribution < 1.29 is 0 Å². The molecule has 1 aromatic heterocycles. The standard InChI is InChI=1S/C18H31N3/c1-5-19-12-16-11-15(4)18(20-13-16)21-9-6-7-17(8-10-21)14(2)3/h11,13-14,17,19H,5-10,12H2,1-4H3. The summed E-state index contributed by atoms with van der Waals surface area (Å²) >= 11 is 0. The Hall–Kier alpha value is -1.09. The Labute approximate surface area is 130 Å². The Morgan fingerprint density at radius 3 is 2.81 bits per heavy atom. The predicted molar refractivity (Wildman–Crippen MR) is 90.7 cm³/mol. The van der Waals surface area contributed by atoms with Gasteiger partial charge in [0.2, 0.25) is 0 Å². The number of nitrogens with zero attached hydrogens (tertiary/aromatic N) is 2. The van der Waals surface area contributed by atoms with E-state index in [0.717, 1.165) is 38.0 Å². The van der Waals surface area contributed by atoms with Crippen molar-refractivity contribution in [3.8, 4) is 0 Å². The summed E-state index contributed by atoms with van der Waals surface area (Å²) in [6, 6.07) is 2.29. The molecule has 0 amide bonds. The average molecular weight is 289 g/mol. The lowest BCUT2D eigenvalue weighted by atomic mass is 9.89. The molecule has 1 unspecified atom stereocenters. The highest BCUT2D eigenvalue weighted by Gasteiger charge is 2.21. The van der Waals surface area contributed by atoms with Gasteiger partial charge in [0.15, 0.2) is 0 Å². The minimum absolute atomic E-state index is 0.807. The van der Waals surface area contributed by atoms with Crippen molar-refractivity contribution in [1.29, 1.82) is 0 Å². The minimum atomic E-state index is 0.807. The molecule has 2 rings (SSSR count). The Morgan fingerprint density at radius 2 is 2.14 bits per heavy atom. The zero-order chi connectivity index (χ0) is 15.2. The summed E-state index contributed by atoms with van der Waals surface area (Å²) in [7, 11) is 0. The Morgan fingerprint density at radius 1 is 1.33 bits per heavy atom. The Balaban J connectivity index is 2.04. The Kier molecular flexibility index (Phi) is 6.04. The van der Waals surface area contributed by atoms with Crippen molar-refractivity contribution in [3.63, 3.8) is 0 Å². The first-order valence-electron chi connectivity index (χ1n) is 8.53. The molecule has 118 valence electrons. The maximum absolute atomic E-state index is 4.75. The minimum Gasteiger partial charge on any atom is -0.356 e. The zero-order valence-corrected chi connectivity index (χ0v) is 14.2. The number of rotatable bonds is 5. The van der Waals surface area contributed by atoms with E-state index in [0.29, 0.717) is 0 Å². The maximum Gasteiger partial charge on any atom is 0.131 e. The molecule has 0 saturated carbocycles. The third-order valence-electron chi connectivity index (χ3n) is 4.70.